The maximum Gasteiger partial charge on any atom is 0.434 e. The zero-order valence-electron chi connectivity index (χ0n) is 16.0. The molecule has 3 heterocycles. The molecule has 7 nitrogen and oxygen atoms in total. The van der Waals surface area contributed by atoms with Crippen LogP contribution in [0.25, 0.3) is 0 Å². The summed E-state index contributed by atoms with van der Waals surface area (Å²) in [6, 6.07) is -0.348. The fraction of sp³-hybridized carbons (Fsp3) is 0.722. The predicted molar refractivity (Wildman–Crippen MR) is 102 cm³/mol. The number of rotatable bonds is 5. The second-order valence-corrected chi connectivity index (χ2v) is 8.70. The summed E-state index contributed by atoms with van der Waals surface area (Å²) < 4.78 is 45.9. The molecule has 3 fully saturated rings. The first-order valence-electron chi connectivity index (χ1n) is 9.65. The van der Waals surface area contributed by atoms with E-state index in [1.807, 2.05) is 6.92 Å². The Kier molecular flexibility index (Phi) is 5.17. The third-order valence-corrected chi connectivity index (χ3v) is 6.65. The molecule has 1 N–H and O–H groups in total. The van der Waals surface area contributed by atoms with Crippen molar-refractivity contribution in [2.45, 2.75) is 51.1 Å². The van der Waals surface area contributed by atoms with E-state index in [0.717, 1.165) is 0 Å². The van der Waals surface area contributed by atoms with Crippen molar-refractivity contribution in [3.05, 3.63) is 10.2 Å². The number of aliphatic hydroxyl groups is 1. The second kappa shape index (κ2) is 7.26. The van der Waals surface area contributed by atoms with E-state index in [1.165, 1.54) is 0 Å². The lowest BCUT2D eigenvalue weighted by molar-refractivity contribution is -0.146. The molecule has 0 amide bonds. The topological polar surface area (TPSA) is 78.8 Å². The van der Waals surface area contributed by atoms with Crippen molar-refractivity contribution in [2.24, 2.45) is 11.8 Å². The molecule has 11 heteroatoms. The van der Waals surface area contributed by atoms with Crippen LogP contribution in [0.2, 0.25) is 0 Å². The summed E-state index contributed by atoms with van der Waals surface area (Å²) in [5.74, 6) is 0.135. The monoisotopic (exact) mass is 478 g/mol. The summed E-state index contributed by atoms with van der Waals surface area (Å²) in [7, 11) is 0. The van der Waals surface area contributed by atoms with Gasteiger partial charge in [0.1, 0.15) is 11.9 Å². The maximum atomic E-state index is 13.6. The molecule has 0 radical (unpaired) electrons. The molecule has 2 saturated heterocycles. The fourth-order valence-electron chi connectivity index (χ4n) is 4.04. The lowest BCUT2D eigenvalue weighted by Crippen LogP contribution is -2.59. The Morgan fingerprint density at radius 1 is 1.28 bits per heavy atom. The normalized spacial score (nSPS) is 30.8. The molecule has 2 unspecified atom stereocenters. The molecule has 3 aliphatic rings. The smallest absolute Gasteiger partial charge is 0.434 e. The number of anilines is 2. The molecule has 0 spiro atoms. The van der Waals surface area contributed by atoms with Crippen molar-refractivity contribution in [1.82, 2.24) is 9.97 Å². The van der Waals surface area contributed by atoms with Crippen LogP contribution in [0, 0.1) is 11.8 Å². The molecule has 160 valence electrons. The minimum atomic E-state index is -4.64. The highest BCUT2D eigenvalue weighted by molar-refractivity contribution is 9.10. The predicted octanol–water partition coefficient (Wildman–Crippen LogP) is 2.61. The number of ether oxygens (including phenoxy) is 1. The van der Waals surface area contributed by atoms with Gasteiger partial charge in [-0.1, -0.05) is 6.92 Å². The number of hydrogen-bond donors (Lipinski definition) is 1. The van der Waals surface area contributed by atoms with E-state index in [1.54, 1.807) is 16.7 Å². The standard InChI is InChI=1S/C18H22BrF3N4O3/c1-3-4-12(28)29-14-9-5-25(6-10(9)14)16-13(19)15(18(20,21)22)23-17(24-16)26-7-11(27)8(26)2/h8-11,14,27H,3-7H2,1-2H3/t8-,9?,10?,11+,14?/m0/s1. The molecule has 1 aliphatic carbocycles. The van der Waals surface area contributed by atoms with Crippen molar-refractivity contribution >= 4 is 33.7 Å². The Hall–Kier alpha value is -1.62. The summed E-state index contributed by atoms with van der Waals surface area (Å²) >= 11 is 3.05. The van der Waals surface area contributed by atoms with Gasteiger partial charge in [-0.3, -0.25) is 4.79 Å². The highest BCUT2D eigenvalue weighted by Crippen LogP contribution is 2.50. The largest absolute Gasteiger partial charge is 0.462 e. The summed E-state index contributed by atoms with van der Waals surface area (Å²) in [6.07, 6.45) is -4.32. The lowest BCUT2D eigenvalue weighted by Gasteiger charge is -2.43. The van der Waals surface area contributed by atoms with Crippen LogP contribution in [-0.2, 0) is 15.7 Å². The Labute approximate surface area is 174 Å². The summed E-state index contributed by atoms with van der Waals surface area (Å²) in [5, 5.41) is 9.71. The number of alkyl halides is 3. The van der Waals surface area contributed by atoms with Gasteiger partial charge in [0.25, 0.3) is 0 Å². The molecule has 4 atom stereocenters. The van der Waals surface area contributed by atoms with Gasteiger partial charge < -0.3 is 19.6 Å². The highest BCUT2D eigenvalue weighted by atomic mass is 79.9. The molecule has 0 bridgehead atoms. The number of carbonyl (C=O) groups is 1. The number of halogens is 4. The van der Waals surface area contributed by atoms with E-state index in [9.17, 15) is 23.1 Å². The summed E-state index contributed by atoms with van der Waals surface area (Å²) in [4.78, 5) is 23.1. The van der Waals surface area contributed by atoms with Crippen LogP contribution in [-0.4, -0.2) is 58.9 Å². The van der Waals surface area contributed by atoms with Crippen LogP contribution in [0.1, 0.15) is 32.4 Å². The van der Waals surface area contributed by atoms with Gasteiger partial charge in [-0.15, -0.1) is 0 Å². The van der Waals surface area contributed by atoms with Crippen molar-refractivity contribution in [3.8, 4) is 0 Å². The third kappa shape index (κ3) is 3.67. The Balaban J connectivity index is 1.55. The van der Waals surface area contributed by atoms with Crippen LogP contribution >= 0.6 is 15.9 Å². The van der Waals surface area contributed by atoms with Gasteiger partial charge in [0.2, 0.25) is 5.95 Å². The van der Waals surface area contributed by atoms with Gasteiger partial charge in [-0.05, 0) is 29.3 Å². The maximum absolute atomic E-state index is 13.6. The first-order chi connectivity index (χ1) is 13.6. The van der Waals surface area contributed by atoms with E-state index >= 15 is 0 Å². The molecule has 2 aliphatic heterocycles. The minimum Gasteiger partial charge on any atom is -0.462 e. The van der Waals surface area contributed by atoms with Crippen LogP contribution < -0.4 is 9.80 Å². The summed E-state index contributed by atoms with van der Waals surface area (Å²) in [5.41, 5.74) is -1.03. The zero-order chi connectivity index (χ0) is 21.1. The third-order valence-electron chi connectivity index (χ3n) is 5.92. The highest BCUT2D eigenvalue weighted by Gasteiger charge is 2.59. The van der Waals surface area contributed by atoms with Crippen LogP contribution in [0.3, 0.4) is 0 Å². The van der Waals surface area contributed by atoms with Crippen molar-refractivity contribution in [3.63, 3.8) is 0 Å². The molecule has 1 saturated carbocycles. The van der Waals surface area contributed by atoms with E-state index in [-0.39, 0.29) is 52.7 Å². The van der Waals surface area contributed by atoms with Gasteiger partial charge in [0.05, 0.1) is 16.6 Å². The first kappa shape index (κ1) is 20.6. The number of esters is 1. The molecular formula is C18H22BrF3N4O3. The van der Waals surface area contributed by atoms with Crippen molar-refractivity contribution in [2.75, 3.05) is 29.4 Å². The quantitative estimate of drug-likeness (QED) is 0.651. The number of hydrogen-bond acceptors (Lipinski definition) is 7. The van der Waals surface area contributed by atoms with Gasteiger partial charge >= 0.3 is 12.1 Å². The van der Waals surface area contributed by atoms with Crippen molar-refractivity contribution in [1.29, 1.82) is 0 Å². The van der Waals surface area contributed by atoms with E-state index in [4.69, 9.17) is 4.74 Å². The van der Waals surface area contributed by atoms with Gasteiger partial charge in [0, 0.05) is 37.9 Å². The second-order valence-electron chi connectivity index (χ2n) is 7.91. The van der Waals surface area contributed by atoms with Gasteiger partial charge in [0.15, 0.2) is 5.69 Å². The number of aliphatic hydroxyl groups excluding tert-OH is 1. The molecule has 29 heavy (non-hydrogen) atoms. The number of carbonyl (C=O) groups excluding carboxylic acids is 1. The number of aromatic nitrogens is 2. The van der Waals surface area contributed by atoms with Gasteiger partial charge in [-0.25, -0.2) is 4.98 Å². The number of fused-ring (bicyclic) bond motifs is 1. The Bertz CT molecular complexity index is 812. The average molecular weight is 479 g/mol. The van der Waals surface area contributed by atoms with Crippen molar-refractivity contribution < 1.29 is 27.8 Å². The molecule has 4 rings (SSSR count). The SMILES string of the molecule is CCCC(=O)OC1C2CN(c3nc(N4C[C@@H](O)[C@@H]4C)nc(C(F)(F)F)c3Br)CC21. The average Bonchev–Trinajstić information content (AvgIpc) is 3.08. The molecule has 1 aromatic heterocycles. The minimum absolute atomic E-state index is 0.0418. The Morgan fingerprint density at radius 2 is 1.93 bits per heavy atom. The zero-order valence-corrected chi connectivity index (χ0v) is 17.6. The summed E-state index contributed by atoms with van der Waals surface area (Å²) in [6.45, 7) is 4.75. The van der Waals surface area contributed by atoms with E-state index in [2.05, 4.69) is 25.9 Å². The Morgan fingerprint density at radius 3 is 2.45 bits per heavy atom. The van der Waals surface area contributed by atoms with E-state index in [0.29, 0.717) is 25.9 Å². The van der Waals surface area contributed by atoms with Crippen LogP contribution in [0.5, 0.6) is 0 Å². The number of piperidine rings is 1. The lowest BCUT2D eigenvalue weighted by atomic mass is 10.0. The number of nitrogens with zero attached hydrogens (tertiary/aromatic N) is 4. The van der Waals surface area contributed by atoms with E-state index < -0.39 is 18.0 Å². The van der Waals surface area contributed by atoms with Crippen LogP contribution in [0.4, 0.5) is 24.9 Å². The number of β-amino-alcohol motifs (C(OH)–C–C–N with tert-alkyl or cyclic N) is 1. The first-order valence-corrected chi connectivity index (χ1v) is 10.4. The van der Waals surface area contributed by atoms with Gasteiger partial charge in [-0.2, -0.15) is 18.2 Å². The molecular weight excluding hydrogens is 457 g/mol. The van der Waals surface area contributed by atoms with Crippen LogP contribution in [0.15, 0.2) is 4.47 Å². The fourth-order valence-corrected chi connectivity index (χ4v) is 4.69. The molecule has 0 aromatic carbocycles. The molecule has 1 aromatic rings.